The lowest BCUT2D eigenvalue weighted by Gasteiger charge is -2.27. The summed E-state index contributed by atoms with van der Waals surface area (Å²) in [7, 11) is 0. The van der Waals surface area contributed by atoms with Crippen LogP contribution in [0.15, 0.2) is 54.1 Å². The summed E-state index contributed by atoms with van der Waals surface area (Å²) >= 11 is 0. The van der Waals surface area contributed by atoms with E-state index in [9.17, 15) is 19.8 Å². The number of aliphatic hydroxyl groups excluding tert-OH is 2. The van der Waals surface area contributed by atoms with E-state index < -0.39 is 12.2 Å². The summed E-state index contributed by atoms with van der Waals surface area (Å²) in [4.78, 5) is 27.8. The third kappa shape index (κ3) is 6.84. The molecule has 2 amide bonds. The number of nitrogens with zero attached hydrogens (tertiary/aromatic N) is 2. The minimum atomic E-state index is -0.664. The summed E-state index contributed by atoms with van der Waals surface area (Å²) in [5.41, 5.74) is 1.78. The van der Waals surface area contributed by atoms with Crippen molar-refractivity contribution >= 4 is 11.8 Å². The lowest BCUT2D eigenvalue weighted by Crippen LogP contribution is -2.43. The standard InChI is InChI=1S/C25H35N3O4/c1-19-16-24(31)28(25(19)32)15-14-27(18-23(30)21-10-6-3-7-11-21)13-12-26-17-22(29)20-8-4-2-5-9-20/h3-4,6-11,19,22-23,26,29-30H,2,5,12-18H2,1H3. The molecule has 0 aromatic heterocycles. The third-order valence-electron chi connectivity index (χ3n) is 6.08. The van der Waals surface area contributed by atoms with E-state index >= 15 is 0 Å². The van der Waals surface area contributed by atoms with E-state index in [-0.39, 0.29) is 24.2 Å². The molecule has 174 valence electrons. The summed E-state index contributed by atoms with van der Waals surface area (Å²) in [6, 6.07) is 9.47. The molecule has 3 rings (SSSR count). The first-order chi connectivity index (χ1) is 15.5. The van der Waals surface area contributed by atoms with Crippen LogP contribution in [0.4, 0.5) is 0 Å². The van der Waals surface area contributed by atoms with Crippen LogP contribution in [-0.2, 0) is 9.59 Å². The number of rotatable bonds is 12. The largest absolute Gasteiger partial charge is 0.387 e. The van der Waals surface area contributed by atoms with Crippen LogP contribution in [0.2, 0.25) is 0 Å². The molecule has 32 heavy (non-hydrogen) atoms. The molecule has 3 atom stereocenters. The molecular weight excluding hydrogens is 406 g/mol. The predicted molar refractivity (Wildman–Crippen MR) is 124 cm³/mol. The van der Waals surface area contributed by atoms with Gasteiger partial charge in [0.25, 0.3) is 0 Å². The van der Waals surface area contributed by atoms with Gasteiger partial charge in [0.2, 0.25) is 11.8 Å². The highest BCUT2D eigenvalue weighted by molar-refractivity contribution is 6.03. The second-order valence-corrected chi connectivity index (χ2v) is 8.62. The zero-order valence-electron chi connectivity index (χ0n) is 18.8. The fourth-order valence-electron chi connectivity index (χ4n) is 4.12. The number of benzene rings is 1. The Balaban J connectivity index is 1.52. The molecule has 1 aliphatic carbocycles. The summed E-state index contributed by atoms with van der Waals surface area (Å²) in [5, 5.41) is 24.3. The number of amides is 2. The fraction of sp³-hybridized carbons (Fsp3) is 0.520. The summed E-state index contributed by atoms with van der Waals surface area (Å²) in [5.74, 6) is -0.494. The molecule has 7 nitrogen and oxygen atoms in total. The van der Waals surface area contributed by atoms with Crippen molar-refractivity contribution in [1.82, 2.24) is 15.1 Å². The minimum Gasteiger partial charge on any atom is -0.387 e. The Morgan fingerprint density at radius 1 is 1.12 bits per heavy atom. The van der Waals surface area contributed by atoms with Gasteiger partial charge >= 0.3 is 0 Å². The smallest absolute Gasteiger partial charge is 0.232 e. The normalized spacial score (nSPS) is 20.7. The average Bonchev–Trinajstić information content (AvgIpc) is 3.06. The molecule has 7 heteroatoms. The number of allylic oxidation sites excluding steroid dienone is 2. The first-order valence-electron chi connectivity index (χ1n) is 11.5. The first kappa shape index (κ1) is 24.3. The molecule has 1 aliphatic heterocycles. The van der Waals surface area contributed by atoms with Crippen LogP contribution in [0.5, 0.6) is 0 Å². The van der Waals surface area contributed by atoms with Gasteiger partial charge in [0.05, 0.1) is 12.2 Å². The summed E-state index contributed by atoms with van der Waals surface area (Å²) < 4.78 is 0. The van der Waals surface area contributed by atoms with E-state index in [2.05, 4.69) is 22.4 Å². The molecule has 0 saturated carbocycles. The topological polar surface area (TPSA) is 93.1 Å². The van der Waals surface area contributed by atoms with Crippen molar-refractivity contribution in [1.29, 1.82) is 0 Å². The predicted octanol–water partition coefficient (Wildman–Crippen LogP) is 1.64. The zero-order valence-corrected chi connectivity index (χ0v) is 18.8. The highest BCUT2D eigenvalue weighted by atomic mass is 16.3. The number of likely N-dealkylation sites (tertiary alicyclic amines) is 1. The maximum absolute atomic E-state index is 12.2. The van der Waals surface area contributed by atoms with Gasteiger partial charge in [-0.1, -0.05) is 55.5 Å². The number of carbonyl (C=O) groups excluding carboxylic acids is 2. The summed E-state index contributed by atoms with van der Waals surface area (Å²) in [6.45, 7) is 4.68. The molecule has 0 spiro atoms. The Morgan fingerprint density at radius 3 is 2.56 bits per heavy atom. The Labute approximate surface area is 190 Å². The maximum Gasteiger partial charge on any atom is 0.232 e. The number of nitrogens with one attached hydrogen (secondary N) is 1. The van der Waals surface area contributed by atoms with Gasteiger partial charge in [-0.3, -0.25) is 19.4 Å². The van der Waals surface area contributed by atoms with Gasteiger partial charge in [-0.05, 0) is 24.0 Å². The summed E-state index contributed by atoms with van der Waals surface area (Å²) in [6.07, 6.45) is 7.16. The van der Waals surface area contributed by atoms with Gasteiger partial charge in [0.1, 0.15) is 0 Å². The molecular formula is C25H35N3O4. The monoisotopic (exact) mass is 441 g/mol. The Morgan fingerprint density at radius 2 is 1.91 bits per heavy atom. The van der Waals surface area contributed by atoms with Gasteiger partial charge in [0.15, 0.2) is 0 Å². The lowest BCUT2D eigenvalue weighted by atomic mass is 10.0. The molecule has 1 fully saturated rings. The molecule has 0 radical (unpaired) electrons. The number of hydrogen-bond acceptors (Lipinski definition) is 6. The van der Waals surface area contributed by atoms with E-state index in [0.717, 1.165) is 24.0 Å². The first-order valence-corrected chi connectivity index (χ1v) is 11.5. The second-order valence-electron chi connectivity index (χ2n) is 8.62. The molecule has 0 bridgehead atoms. The van der Waals surface area contributed by atoms with E-state index in [4.69, 9.17) is 0 Å². The second kappa shape index (κ2) is 12.1. The number of carbonyl (C=O) groups is 2. The molecule has 3 N–H and O–H groups in total. The van der Waals surface area contributed by atoms with Crippen LogP contribution < -0.4 is 5.32 Å². The minimum absolute atomic E-state index is 0.117. The van der Waals surface area contributed by atoms with Gasteiger partial charge in [-0.2, -0.15) is 0 Å². The van der Waals surface area contributed by atoms with Gasteiger partial charge < -0.3 is 15.5 Å². The number of imide groups is 1. The van der Waals surface area contributed by atoms with Crippen molar-refractivity contribution in [3.05, 3.63) is 59.7 Å². The molecule has 1 saturated heterocycles. The van der Waals surface area contributed by atoms with Crippen molar-refractivity contribution < 1.29 is 19.8 Å². The molecule has 1 aromatic carbocycles. The number of hydrogen-bond donors (Lipinski definition) is 3. The number of aliphatic hydroxyl groups is 2. The molecule has 2 aliphatic rings. The SMILES string of the molecule is CC1CC(=O)N(CCN(CCNCC(O)C2=CCCC=C2)CC(O)c2ccccc2)C1=O. The van der Waals surface area contributed by atoms with E-state index in [1.807, 2.05) is 36.4 Å². The van der Waals surface area contributed by atoms with Crippen molar-refractivity contribution in [3.8, 4) is 0 Å². The van der Waals surface area contributed by atoms with E-state index in [1.54, 1.807) is 6.92 Å². The van der Waals surface area contributed by atoms with Crippen molar-refractivity contribution in [2.75, 3.05) is 39.3 Å². The van der Waals surface area contributed by atoms with E-state index in [0.29, 0.717) is 39.3 Å². The van der Waals surface area contributed by atoms with Crippen LogP contribution >= 0.6 is 0 Å². The average molecular weight is 442 g/mol. The molecule has 3 unspecified atom stereocenters. The zero-order chi connectivity index (χ0) is 22.9. The molecule has 1 aromatic rings. The van der Waals surface area contributed by atoms with Gasteiger partial charge in [-0.25, -0.2) is 0 Å². The van der Waals surface area contributed by atoms with Crippen LogP contribution in [0.25, 0.3) is 0 Å². The Bertz CT molecular complexity index is 824. The van der Waals surface area contributed by atoms with Crippen molar-refractivity contribution in [2.45, 2.75) is 38.4 Å². The van der Waals surface area contributed by atoms with Gasteiger partial charge in [-0.15, -0.1) is 0 Å². The van der Waals surface area contributed by atoms with Crippen molar-refractivity contribution in [3.63, 3.8) is 0 Å². The van der Waals surface area contributed by atoms with Gasteiger partial charge in [0, 0.05) is 51.6 Å². The Hall–Kier alpha value is -2.32. The highest BCUT2D eigenvalue weighted by Gasteiger charge is 2.35. The van der Waals surface area contributed by atoms with Crippen LogP contribution in [-0.4, -0.2) is 77.2 Å². The van der Waals surface area contributed by atoms with Crippen LogP contribution in [0.1, 0.15) is 37.9 Å². The third-order valence-corrected chi connectivity index (χ3v) is 6.08. The van der Waals surface area contributed by atoms with E-state index in [1.165, 1.54) is 4.90 Å². The quantitative estimate of drug-likeness (QED) is 0.337. The fourth-order valence-corrected chi connectivity index (χ4v) is 4.12. The van der Waals surface area contributed by atoms with Crippen LogP contribution in [0.3, 0.4) is 0 Å². The van der Waals surface area contributed by atoms with Crippen LogP contribution in [0, 0.1) is 5.92 Å². The van der Waals surface area contributed by atoms with Crippen molar-refractivity contribution in [2.24, 2.45) is 5.92 Å². The lowest BCUT2D eigenvalue weighted by molar-refractivity contribution is -0.139. The Kier molecular flexibility index (Phi) is 9.17. The molecule has 1 heterocycles. The highest BCUT2D eigenvalue weighted by Crippen LogP contribution is 2.19. The maximum atomic E-state index is 12.2.